The fraction of sp³-hybridized carbons (Fsp3) is 0.524. The Morgan fingerprint density at radius 3 is 1.77 bits per heavy atom. The van der Waals surface area contributed by atoms with Crippen LogP contribution in [0.15, 0.2) is 125 Å². The van der Waals surface area contributed by atoms with Gasteiger partial charge in [-0.15, -0.1) is 11.3 Å². The monoisotopic (exact) mass is 2090 g/mol. The van der Waals surface area contributed by atoms with E-state index >= 15 is 43.2 Å². The molecule has 0 unspecified atom stereocenters. The fourth-order valence-electron chi connectivity index (χ4n) is 19.3. The van der Waals surface area contributed by atoms with Gasteiger partial charge in [-0.2, -0.15) is 11.3 Å². The number of aromatic carboxylic acids is 1. The Bertz CT molecular complexity index is 5770. The van der Waals surface area contributed by atoms with Gasteiger partial charge in [-0.1, -0.05) is 104 Å². The number of likely N-dealkylation sites (tertiary alicyclic amines) is 1. The Labute approximate surface area is 863 Å². The number of carboxylic acid groups (broad SMARTS) is 3. The summed E-state index contributed by atoms with van der Waals surface area (Å²) in [5, 5.41) is 77.6. The summed E-state index contributed by atoms with van der Waals surface area (Å²) in [6, 6.07) is 4.05. The summed E-state index contributed by atoms with van der Waals surface area (Å²) in [6.07, 6.45) is 3.81. The molecule has 5 aliphatic heterocycles. The Morgan fingerprint density at radius 2 is 1.09 bits per heavy atom. The number of hydrogen-bond acceptors (Lipinski definition) is 24. The van der Waals surface area contributed by atoms with Crippen LogP contribution in [0.2, 0.25) is 0 Å². The van der Waals surface area contributed by atoms with Crippen LogP contribution >= 0.6 is 22.7 Å². The highest BCUT2D eigenvalue weighted by atomic mass is 32.1. The first-order chi connectivity index (χ1) is 70.5. The van der Waals surface area contributed by atoms with Gasteiger partial charge in [-0.05, 0) is 217 Å². The number of nitrogens with zero attached hydrogens (tertiary/aromatic N) is 2. The number of fused-ring (bicyclic) bond motifs is 4. The molecular weight excluding hydrogens is 1950 g/mol. The lowest BCUT2D eigenvalue weighted by molar-refractivity contribution is -0.147. The van der Waals surface area contributed by atoms with Crippen molar-refractivity contribution in [2.45, 2.75) is 303 Å². The van der Waals surface area contributed by atoms with Gasteiger partial charge in [0.25, 0.3) is 0 Å². The third-order valence-corrected chi connectivity index (χ3v) is 29.5. The van der Waals surface area contributed by atoms with E-state index < -0.39 is 251 Å². The van der Waals surface area contributed by atoms with Crippen molar-refractivity contribution in [1.82, 2.24) is 89.6 Å². The summed E-state index contributed by atoms with van der Waals surface area (Å²) < 4.78 is 6.73. The van der Waals surface area contributed by atoms with E-state index in [0.717, 1.165) is 21.4 Å². The molecule has 3 spiro atoms. The second-order valence-electron chi connectivity index (χ2n) is 39.3. The minimum Gasteiger partial charge on any atom is -0.481 e. The van der Waals surface area contributed by atoms with Crippen molar-refractivity contribution >= 4 is 157 Å². The molecule has 7 heterocycles. The second-order valence-corrected chi connectivity index (χ2v) is 41.0. The molecule has 45 heteroatoms. The maximum atomic E-state index is 16.2. The first kappa shape index (κ1) is 114. The molecule has 18 amide bonds. The zero-order valence-corrected chi connectivity index (χ0v) is 85.1. The predicted octanol–water partition coefficient (Wildman–Crippen LogP) is 2.88. The number of nitrogens with one attached hydrogen (secondary N) is 15. The van der Waals surface area contributed by atoms with Crippen LogP contribution in [-0.4, -0.2) is 271 Å². The molecule has 0 radical (unpaired) electrons. The predicted molar refractivity (Wildman–Crippen MR) is 540 cm³/mol. The summed E-state index contributed by atoms with van der Waals surface area (Å²) in [5.41, 5.74) is -1.18. The highest BCUT2D eigenvalue weighted by Gasteiger charge is 2.53. The highest BCUT2D eigenvalue weighted by molar-refractivity contribution is 7.17. The zero-order valence-electron chi connectivity index (χ0n) is 83.5. The van der Waals surface area contributed by atoms with E-state index in [9.17, 15) is 72.9 Å². The number of thiophene rings is 2. The van der Waals surface area contributed by atoms with Crippen molar-refractivity contribution in [3.8, 4) is 0 Å². The molecule has 11 rings (SSSR count). The van der Waals surface area contributed by atoms with Crippen LogP contribution < -0.4 is 85.5 Å². The number of rotatable bonds is 17. The lowest BCUT2D eigenvalue weighted by Gasteiger charge is -2.39. The second kappa shape index (κ2) is 53.2. The van der Waals surface area contributed by atoms with E-state index in [1.54, 1.807) is 82.9 Å². The van der Waals surface area contributed by atoms with Crippen molar-refractivity contribution in [1.29, 1.82) is 0 Å². The number of carbonyl (C=O) groups excluding carboxylic acids is 18. The number of benzene rings is 3. The third kappa shape index (κ3) is 31.5. The number of hydrogen-bond donors (Lipinski definition) is 19. The average molecular weight is 2090 g/mol. The SMILES string of the molecule is CC(=O)N1CCC[C@]12C/C=C\CCC[C@]1(CCC/C=C/CCCOC(=O)N3CC[C@@]4(C3)NC(=O)[C@H](CCCCNC(=O)CC[C@@H](C(=O)N[C@@H](C)C(N)=O)NC(=O)[C@H](Cc3csc5ccccc35)NC(=O)[C@H](Cc3ccsc3)NC4=O)NC(=O)[C@H](Cc3ccccc3)NC(=O)[C@H](C)NC(=O)C(C)(C)NC(=O)[C@H](Cc3cccc(C(=O)O)c3)NC(=O)[C@H](CC(=O)O)NC1=O)NC(=O)[C@H](C1CCCCC1)NC(=O)[C@H](CC(=O)O)NC2=O. The number of primary amides is 1. The number of aliphatic carboxylic acids is 2. The normalized spacial score (nSPS) is 27.2. The van der Waals surface area contributed by atoms with Gasteiger partial charge in [0.2, 0.25) is 100 Å². The molecule has 3 aromatic carbocycles. The molecule has 2 aromatic heterocycles. The minimum atomic E-state index is -2.22. The molecule has 43 nitrogen and oxygen atoms in total. The van der Waals surface area contributed by atoms with Crippen LogP contribution in [0.5, 0.6) is 0 Å². The van der Waals surface area contributed by atoms with E-state index in [4.69, 9.17) is 10.5 Å². The van der Waals surface area contributed by atoms with Gasteiger partial charge in [0.05, 0.1) is 31.6 Å². The maximum Gasteiger partial charge on any atom is 0.409 e. The molecule has 4 fully saturated rings. The third-order valence-electron chi connectivity index (χ3n) is 27.7. The van der Waals surface area contributed by atoms with Crippen LogP contribution in [0.25, 0.3) is 10.1 Å². The molecule has 798 valence electrons. The fourth-order valence-corrected chi connectivity index (χ4v) is 21.0. The van der Waals surface area contributed by atoms with Crippen LogP contribution in [0, 0.1) is 5.92 Å². The number of allylic oxidation sites excluding steroid dienone is 3. The van der Waals surface area contributed by atoms with Gasteiger partial charge in [-0.25, -0.2) is 9.59 Å². The van der Waals surface area contributed by atoms with Crippen LogP contribution in [-0.2, 0) is 122 Å². The highest BCUT2D eigenvalue weighted by Crippen LogP contribution is 2.37. The first-order valence-corrected chi connectivity index (χ1v) is 52.0. The van der Waals surface area contributed by atoms with E-state index in [-0.39, 0.29) is 153 Å². The van der Waals surface area contributed by atoms with E-state index in [2.05, 4.69) is 79.8 Å². The Balaban J connectivity index is 0.975. The molecule has 20 N–H and O–H groups in total. The van der Waals surface area contributed by atoms with Crippen molar-refractivity contribution in [3.05, 3.63) is 153 Å². The Morgan fingerprint density at radius 1 is 0.514 bits per heavy atom. The van der Waals surface area contributed by atoms with E-state index in [1.807, 2.05) is 18.2 Å². The minimum absolute atomic E-state index is 0.0153. The first-order valence-electron chi connectivity index (χ1n) is 50.2. The molecule has 1 aliphatic carbocycles. The number of carboxylic acids is 3. The lowest BCUT2D eigenvalue weighted by Crippen LogP contribution is -2.67. The number of cyclic esters (lactones) is 1. The Hall–Kier alpha value is -14.5. The molecule has 148 heavy (non-hydrogen) atoms. The number of amides is 18. The quantitative estimate of drug-likeness (QED) is 0.0595. The summed E-state index contributed by atoms with van der Waals surface area (Å²) in [4.78, 5) is 310. The summed E-state index contributed by atoms with van der Waals surface area (Å²) in [7, 11) is 0. The van der Waals surface area contributed by atoms with Gasteiger partial charge in [0.1, 0.15) is 88.6 Å². The largest absolute Gasteiger partial charge is 0.481 e. The zero-order chi connectivity index (χ0) is 107. The van der Waals surface area contributed by atoms with Crippen molar-refractivity contribution in [2.24, 2.45) is 11.7 Å². The van der Waals surface area contributed by atoms with Gasteiger partial charge in [0, 0.05) is 63.4 Å². The van der Waals surface area contributed by atoms with Crippen LogP contribution in [0.3, 0.4) is 0 Å². The molecule has 3 saturated heterocycles. The average Bonchev–Trinajstić information content (AvgIpc) is 1.64. The maximum absolute atomic E-state index is 16.2. The molecule has 3 bridgehead atoms. The lowest BCUT2D eigenvalue weighted by atomic mass is 9.81. The molecule has 6 aliphatic rings. The summed E-state index contributed by atoms with van der Waals surface area (Å²) >= 11 is 2.61. The summed E-state index contributed by atoms with van der Waals surface area (Å²) in [6.45, 7) is 5.10. The van der Waals surface area contributed by atoms with Crippen molar-refractivity contribution in [2.75, 3.05) is 32.8 Å². The van der Waals surface area contributed by atoms with Crippen LogP contribution in [0.4, 0.5) is 4.79 Å². The van der Waals surface area contributed by atoms with E-state index in [1.165, 1.54) is 86.5 Å². The van der Waals surface area contributed by atoms with Gasteiger partial charge in [-0.3, -0.25) is 91.1 Å². The van der Waals surface area contributed by atoms with Gasteiger partial charge < -0.3 is 115 Å². The smallest absolute Gasteiger partial charge is 0.409 e. The van der Waals surface area contributed by atoms with Gasteiger partial charge >= 0.3 is 24.0 Å². The van der Waals surface area contributed by atoms with Crippen molar-refractivity contribution < 1.29 is 121 Å². The molecule has 5 aromatic rings. The standard InChI is InChI=1S/C103H134N18O25S2/c1-60(83(104)128)106-85(130)71-37-38-79(123)105-45-24-20-35-70-91(136)118-102(97(143)113-73(53-65-39-49-147-57-65)87(132)112-75(88(133)109-71)54-68-58-148-78-36-19-18-34-69(68)78)44-47-120(59-102)99(145)146-48-25-11-7-6-8-21-40-101(41-22-9-10-23-42-103(43-27-46-121(103)62(3)122)98(144)115-77(56-81(126)127)90(135)116-82(93(138)119-101)66-31-16-13-17-32-66)96(142)114-76(55-80(124)125)89(134)111-74(52-64-30-26-33-67(50-64)94(139)140)92(137)117-100(4,5)95(141)107-61(2)84(129)110-72(86(131)108-70)51-63-28-14-12-15-29-63/h6-7,10,12,14-15,18-19,23,26,28-30,33-34,36,39,49-50,57-58,60-61,66,70-77,82H,8-9,11,13,16-17,20-22,24-25,27,31-32,35,37-38,40-48,51-56,59H2,1-5H3,(H2,104,128)(H,105,123)(H,106,130)(H,107,141)(H,108,131)(H,109,133)(H,110,129)(H,111,134)(H,112,132)(H,113,143)(H,114,142)(H,115,144)(H,116,135)(H,117,137)(H,118,136)(H,119,138)(H,124,125)(H,126,127)(H,139,140)/b7-6+,23-10-/t60-,61-,70-,71-,72-,73-,74-,75-,76-,77-,82-,101-,102-,103-/m0/s1. The summed E-state index contributed by atoms with van der Waals surface area (Å²) in [5.74, 6) is -21.8. The number of carbonyl (C=O) groups is 21. The molecule has 14 atom stereocenters. The molecular formula is C103H134N18O25S2. The topological polar surface area (TPSA) is 641 Å². The van der Waals surface area contributed by atoms with Crippen LogP contribution in [0.1, 0.15) is 221 Å². The number of nitrogens with two attached hydrogens (primary N) is 1. The van der Waals surface area contributed by atoms with E-state index in [0.29, 0.717) is 48.8 Å². The van der Waals surface area contributed by atoms with Crippen molar-refractivity contribution in [3.63, 3.8) is 0 Å². The number of ether oxygens (including phenoxy) is 1. The Kier molecular flexibility index (Phi) is 40.9. The molecule has 1 saturated carbocycles. The van der Waals surface area contributed by atoms with Gasteiger partial charge in [0.15, 0.2) is 0 Å².